The number of aromatic nitrogens is 1. The van der Waals surface area contributed by atoms with Gasteiger partial charge in [-0.3, -0.25) is 19.5 Å². The largest absolute Gasteiger partial charge is 0.493 e. The molecule has 0 unspecified atom stereocenters. The van der Waals surface area contributed by atoms with Crippen LogP contribution < -0.4 is 5.43 Å². The lowest BCUT2D eigenvalue weighted by Gasteiger charge is -2.14. The van der Waals surface area contributed by atoms with Crippen molar-refractivity contribution in [1.29, 1.82) is 5.26 Å². The first-order valence-electron chi connectivity index (χ1n) is 7.88. The summed E-state index contributed by atoms with van der Waals surface area (Å²) < 4.78 is 7.18. The van der Waals surface area contributed by atoms with Crippen LogP contribution in [-0.4, -0.2) is 14.6 Å². The van der Waals surface area contributed by atoms with Crippen LogP contribution in [0, 0.1) is 28.4 Å². The molecule has 0 amide bonds. The van der Waals surface area contributed by atoms with E-state index in [1.165, 1.54) is 41.0 Å². The van der Waals surface area contributed by atoms with Gasteiger partial charge >= 0.3 is 0 Å². The van der Waals surface area contributed by atoms with E-state index in [4.69, 9.17) is 4.42 Å². The lowest BCUT2D eigenvalue weighted by molar-refractivity contribution is -0.384. The number of hydrogen-bond acceptors (Lipinski definition) is 6. The Morgan fingerprint density at radius 1 is 1.22 bits per heavy atom. The first-order valence-corrected chi connectivity index (χ1v) is 7.88. The minimum Gasteiger partial charge on any atom is -0.493 e. The first kappa shape index (κ1) is 16.4. The summed E-state index contributed by atoms with van der Waals surface area (Å²) in [5.41, 5.74) is 1.67. The number of nitriles is 1. The molecule has 0 saturated heterocycles. The topological polar surface area (TPSA) is 122 Å². The van der Waals surface area contributed by atoms with Gasteiger partial charge < -0.3 is 9.52 Å². The molecule has 0 bridgehead atoms. The summed E-state index contributed by atoms with van der Waals surface area (Å²) in [4.78, 5) is 22.0. The number of benzene rings is 2. The first-order chi connectivity index (χ1) is 12.9. The van der Waals surface area contributed by atoms with E-state index in [0.29, 0.717) is 33.3 Å². The number of nitro benzene ring substituents is 1. The number of nitrogens with zero attached hydrogens (tertiary/aromatic N) is 3. The van der Waals surface area contributed by atoms with E-state index in [-0.39, 0.29) is 22.6 Å². The molecule has 0 aliphatic heterocycles. The molecular formula is C19H11N3O5. The summed E-state index contributed by atoms with van der Waals surface area (Å²) in [5, 5.41) is 31.7. The van der Waals surface area contributed by atoms with Gasteiger partial charge in [-0.15, -0.1) is 0 Å². The quantitative estimate of drug-likeness (QED) is 0.430. The summed E-state index contributed by atoms with van der Waals surface area (Å²) >= 11 is 0. The number of rotatable bonds is 2. The minimum absolute atomic E-state index is 0.0160. The van der Waals surface area contributed by atoms with Gasteiger partial charge in [-0.05, 0) is 31.2 Å². The van der Waals surface area contributed by atoms with E-state index in [1.807, 2.05) is 6.07 Å². The van der Waals surface area contributed by atoms with Crippen molar-refractivity contribution < 1.29 is 14.4 Å². The highest BCUT2D eigenvalue weighted by Crippen LogP contribution is 2.38. The lowest BCUT2D eigenvalue weighted by Crippen LogP contribution is -2.02. The summed E-state index contributed by atoms with van der Waals surface area (Å²) in [6.45, 7) is 1.64. The summed E-state index contributed by atoms with van der Waals surface area (Å²) in [6, 6.07) is 11.8. The van der Waals surface area contributed by atoms with E-state index in [9.17, 15) is 25.3 Å². The fraction of sp³-hybridized carbons (Fsp3) is 0.0526. The van der Waals surface area contributed by atoms with E-state index in [2.05, 4.69) is 0 Å². The van der Waals surface area contributed by atoms with Gasteiger partial charge in [0.05, 0.1) is 4.92 Å². The van der Waals surface area contributed by atoms with E-state index in [1.54, 1.807) is 13.0 Å². The van der Waals surface area contributed by atoms with Gasteiger partial charge in [0.2, 0.25) is 5.88 Å². The molecule has 4 aromatic rings. The maximum Gasteiger partial charge on any atom is 0.269 e. The van der Waals surface area contributed by atoms with Crippen LogP contribution in [0.2, 0.25) is 0 Å². The highest BCUT2D eigenvalue weighted by atomic mass is 16.6. The van der Waals surface area contributed by atoms with Gasteiger partial charge in [0.25, 0.3) is 5.69 Å². The van der Waals surface area contributed by atoms with Gasteiger partial charge in [0, 0.05) is 34.8 Å². The number of hydrogen-bond donors (Lipinski definition) is 1. The maximum atomic E-state index is 11.7. The second-order valence-electron chi connectivity index (χ2n) is 5.98. The molecule has 0 aliphatic carbocycles. The second kappa shape index (κ2) is 5.71. The number of aromatic hydroxyl groups is 1. The van der Waals surface area contributed by atoms with Crippen molar-refractivity contribution in [3.8, 4) is 17.6 Å². The predicted molar refractivity (Wildman–Crippen MR) is 97.1 cm³/mol. The van der Waals surface area contributed by atoms with Crippen molar-refractivity contribution in [2.45, 2.75) is 6.92 Å². The molecular weight excluding hydrogens is 350 g/mol. The number of fused-ring (bicyclic) bond motifs is 3. The Morgan fingerprint density at radius 3 is 2.56 bits per heavy atom. The number of nitro groups is 1. The molecule has 0 radical (unpaired) electrons. The van der Waals surface area contributed by atoms with Crippen LogP contribution in [-0.2, 0) is 0 Å². The Labute approximate surface area is 151 Å². The smallest absolute Gasteiger partial charge is 0.269 e. The molecule has 0 atom stereocenters. The van der Waals surface area contributed by atoms with Crippen molar-refractivity contribution in [2.75, 3.05) is 0 Å². The van der Waals surface area contributed by atoms with Crippen LogP contribution in [0.1, 0.15) is 11.1 Å². The van der Waals surface area contributed by atoms with Crippen LogP contribution >= 0.6 is 0 Å². The Morgan fingerprint density at radius 2 is 1.93 bits per heavy atom. The third kappa shape index (κ3) is 2.33. The normalized spacial score (nSPS) is 11.0. The Hall–Kier alpha value is -4.12. The van der Waals surface area contributed by atoms with Crippen LogP contribution in [0.15, 0.2) is 51.7 Å². The third-order valence-electron chi connectivity index (χ3n) is 4.44. The predicted octanol–water partition coefficient (Wildman–Crippen LogP) is 3.53. The number of aryl methyl sites for hydroxylation is 1. The number of pyridine rings is 1. The van der Waals surface area contributed by atoms with E-state index in [0.717, 1.165) is 0 Å². The van der Waals surface area contributed by atoms with Crippen molar-refractivity contribution in [3.63, 3.8) is 0 Å². The highest BCUT2D eigenvalue weighted by molar-refractivity contribution is 6.05. The zero-order valence-corrected chi connectivity index (χ0v) is 14.0. The van der Waals surface area contributed by atoms with Gasteiger partial charge in [-0.1, -0.05) is 0 Å². The molecule has 1 N–H and O–H groups in total. The lowest BCUT2D eigenvalue weighted by atomic mass is 10.1. The second-order valence-corrected chi connectivity index (χ2v) is 5.98. The molecule has 2 aromatic carbocycles. The maximum absolute atomic E-state index is 11.7. The van der Waals surface area contributed by atoms with Gasteiger partial charge in [-0.2, -0.15) is 5.26 Å². The average molecular weight is 361 g/mol. The summed E-state index contributed by atoms with van der Waals surface area (Å²) in [7, 11) is 0. The van der Waals surface area contributed by atoms with Crippen molar-refractivity contribution in [3.05, 3.63) is 73.9 Å². The highest BCUT2D eigenvalue weighted by Gasteiger charge is 2.22. The SMILES string of the molecule is Cc1c(C#N)c(O)n(-c2ccc([N+](=O)[O-])cc2)c2c1oc1cc(=O)ccc12. The molecule has 0 saturated carbocycles. The molecule has 2 heterocycles. The molecule has 8 heteroatoms. The molecule has 0 aliphatic rings. The molecule has 0 fully saturated rings. The standard InChI is InChI=1S/C19H11N3O5/c1-10-15(9-20)19(24)21(11-2-4-12(5-3-11)22(25)26)17-14-7-6-13(23)8-16(14)27-18(10)17/h2-8,24H,1H3. The molecule has 0 spiro atoms. The van der Waals surface area contributed by atoms with Crippen LogP contribution in [0.25, 0.3) is 27.8 Å². The van der Waals surface area contributed by atoms with Crippen molar-refractivity contribution >= 4 is 27.8 Å². The van der Waals surface area contributed by atoms with E-state index < -0.39 is 4.92 Å². The van der Waals surface area contributed by atoms with E-state index >= 15 is 0 Å². The third-order valence-corrected chi connectivity index (χ3v) is 4.44. The molecule has 4 rings (SSSR count). The van der Waals surface area contributed by atoms with Crippen molar-refractivity contribution in [2.24, 2.45) is 0 Å². The molecule has 8 nitrogen and oxygen atoms in total. The van der Waals surface area contributed by atoms with Crippen molar-refractivity contribution in [1.82, 2.24) is 4.57 Å². The molecule has 132 valence electrons. The molecule has 2 aromatic heterocycles. The fourth-order valence-corrected chi connectivity index (χ4v) is 3.15. The zero-order chi connectivity index (χ0) is 19.3. The van der Waals surface area contributed by atoms with Gasteiger partial charge in [0.15, 0.2) is 11.0 Å². The van der Waals surface area contributed by atoms with Crippen LogP contribution in [0.4, 0.5) is 5.69 Å². The monoisotopic (exact) mass is 361 g/mol. The van der Waals surface area contributed by atoms with Gasteiger partial charge in [-0.25, -0.2) is 0 Å². The number of furan rings is 1. The zero-order valence-electron chi connectivity index (χ0n) is 14.0. The Bertz CT molecular complexity index is 1340. The summed E-state index contributed by atoms with van der Waals surface area (Å²) in [5.74, 6) is -0.315. The minimum atomic E-state index is -0.525. The fourth-order valence-electron chi connectivity index (χ4n) is 3.15. The summed E-state index contributed by atoms with van der Waals surface area (Å²) in [6.07, 6.45) is 0. The number of non-ortho nitro benzene ring substituents is 1. The average Bonchev–Trinajstić information content (AvgIpc) is 3.01. The Kier molecular flexibility index (Phi) is 3.46. The molecule has 27 heavy (non-hydrogen) atoms. The van der Waals surface area contributed by atoms with Gasteiger partial charge in [0.1, 0.15) is 22.7 Å². The van der Waals surface area contributed by atoms with Crippen LogP contribution in [0.5, 0.6) is 5.88 Å². The van der Waals surface area contributed by atoms with Crippen LogP contribution in [0.3, 0.4) is 0 Å². The Balaban J connectivity index is 2.18.